The van der Waals surface area contributed by atoms with E-state index in [0.717, 1.165) is 18.9 Å². The molecule has 7 heteroatoms. The SMILES string of the molecule is O=C(NCCCO)c1cnn2ccc(N3CCCC3)nc12. The highest BCUT2D eigenvalue weighted by Gasteiger charge is 2.17. The van der Waals surface area contributed by atoms with Gasteiger partial charge in [0.15, 0.2) is 5.65 Å². The number of amides is 1. The van der Waals surface area contributed by atoms with Crippen LogP contribution in [0.3, 0.4) is 0 Å². The minimum absolute atomic E-state index is 0.0619. The molecule has 2 aromatic rings. The van der Waals surface area contributed by atoms with Crippen LogP contribution < -0.4 is 10.2 Å². The van der Waals surface area contributed by atoms with Crippen LogP contribution in [0.25, 0.3) is 5.65 Å². The van der Waals surface area contributed by atoms with Gasteiger partial charge in [-0.25, -0.2) is 9.50 Å². The van der Waals surface area contributed by atoms with Crippen LogP contribution in [0.4, 0.5) is 5.82 Å². The molecule has 1 fully saturated rings. The van der Waals surface area contributed by atoms with Crippen LogP contribution in [0.1, 0.15) is 29.6 Å². The standard InChI is InChI=1S/C14H19N5O2/c20-9-3-5-15-14(21)11-10-16-19-8-4-12(17-13(11)19)18-6-1-2-7-18/h4,8,10,20H,1-3,5-7,9H2,(H,15,21). The first-order valence-corrected chi connectivity index (χ1v) is 7.28. The number of carbonyl (C=O) groups is 1. The van der Waals surface area contributed by atoms with Gasteiger partial charge in [-0.05, 0) is 25.3 Å². The Labute approximate surface area is 122 Å². The summed E-state index contributed by atoms with van der Waals surface area (Å²) in [5.74, 6) is 0.689. The first kappa shape index (κ1) is 13.8. The van der Waals surface area contributed by atoms with Crippen molar-refractivity contribution in [3.8, 4) is 0 Å². The molecule has 112 valence electrons. The fourth-order valence-electron chi connectivity index (χ4n) is 2.52. The van der Waals surface area contributed by atoms with E-state index in [1.54, 1.807) is 4.52 Å². The molecule has 1 saturated heterocycles. The second kappa shape index (κ2) is 6.09. The molecule has 0 aliphatic carbocycles. The van der Waals surface area contributed by atoms with E-state index >= 15 is 0 Å². The third-order valence-corrected chi connectivity index (χ3v) is 3.65. The van der Waals surface area contributed by atoms with Crippen molar-refractivity contribution < 1.29 is 9.90 Å². The fraction of sp³-hybridized carbons (Fsp3) is 0.500. The predicted molar refractivity (Wildman–Crippen MR) is 78.5 cm³/mol. The van der Waals surface area contributed by atoms with E-state index in [9.17, 15) is 4.79 Å². The number of rotatable bonds is 5. The first-order valence-electron chi connectivity index (χ1n) is 7.28. The van der Waals surface area contributed by atoms with Crippen molar-refractivity contribution in [1.82, 2.24) is 19.9 Å². The summed E-state index contributed by atoms with van der Waals surface area (Å²) in [6.07, 6.45) is 6.27. The molecule has 0 aromatic carbocycles. The lowest BCUT2D eigenvalue weighted by Gasteiger charge is -2.16. The van der Waals surface area contributed by atoms with Crippen molar-refractivity contribution in [2.24, 2.45) is 0 Å². The van der Waals surface area contributed by atoms with Gasteiger partial charge in [0, 0.05) is 32.4 Å². The quantitative estimate of drug-likeness (QED) is 0.781. The van der Waals surface area contributed by atoms with E-state index in [1.807, 2.05) is 12.3 Å². The molecule has 7 nitrogen and oxygen atoms in total. The number of hydrogen-bond donors (Lipinski definition) is 2. The summed E-state index contributed by atoms with van der Waals surface area (Å²) >= 11 is 0. The van der Waals surface area contributed by atoms with Gasteiger partial charge in [0.2, 0.25) is 0 Å². The van der Waals surface area contributed by atoms with Gasteiger partial charge in [-0.1, -0.05) is 0 Å². The Hall–Kier alpha value is -2.15. The van der Waals surface area contributed by atoms with Gasteiger partial charge in [-0.3, -0.25) is 4.79 Å². The number of nitrogens with one attached hydrogen (secondary N) is 1. The van der Waals surface area contributed by atoms with Crippen molar-refractivity contribution >= 4 is 17.4 Å². The second-order valence-electron chi connectivity index (χ2n) is 5.14. The molecule has 1 aliphatic rings. The Balaban J connectivity index is 1.85. The number of aliphatic hydroxyl groups is 1. The zero-order chi connectivity index (χ0) is 14.7. The van der Waals surface area contributed by atoms with Crippen LogP contribution in [-0.2, 0) is 0 Å². The minimum Gasteiger partial charge on any atom is -0.396 e. The molecule has 0 saturated carbocycles. The fourth-order valence-corrected chi connectivity index (χ4v) is 2.52. The molecule has 3 heterocycles. The Kier molecular flexibility index (Phi) is 4.01. The summed E-state index contributed by atoms with van der Waals surface area (Å²) in [5.41, 5.74) is 1.04. The van der Waals surface area contributed by atoms with E-state index in [2.05, 4.69) is 20.3 Å². The molecule has 21 heavy (non-hydrogen) atoms. The molecule has 0 unspecified atom stereocenters. The monoisotopic (exact) mass is 289 g/mol. The molecule has 1 amide bonds. The summed E-state index contributed by atoms with van der Waals surface area (Å²) in [5, 5.41) is 15.7. The molecule has 3 rings (SSSR count). The average molecular weight is 289 g/mol. The van der Waals surface area contributed by atoms with Gasteiger partial charge < -0.3 is 15.3 Å². The number of aromatic nitrogens is 3. The number of carbonyl (C=O) groups excluding carboxylic acids is 1. The highest BCUT2D eigenvalue weighted by atomic mass is 16.3. The topological polar surface area (TPSA) is 82.8 Å². The Morgan fingerprint density at radius 2 is 2.19 bits per heavy atom. The van der Waals surface area contributed by atoms with Crippen molar-refractivity contribution in [2.75, 3.05) is 31.1 Å². The van der Waals surface area contributed by atoms with Gasteiger partial charge in [0.1, 0.15) is 11.4 Å². The Morgan fingerprint density at radius 3 is 2.95 bits per heavy atom. The van der Waals surface area contributed by atoms with Crippen molar-refractivity contribution in [1.29, 1.82) is 0 Å². The van der Waals surface area contributed by atoms with Crippen LogP contribution in [0.2, 0.25) is 0 Å². The molecular formula is C14H19N5O2. The van der Waals surface area contributed by atoms with Crippen LogP contribution >= 0.6 is 0 Å². The van der Waals surface area contributed by atoms with Crippen LogP contribution in [0, 0.1) is 0 Å². The summed E-state index contributed by atoms with van der Waals surface area (Å²) in [7, 11) is 0. The average Bonchev–Trinajstić information content (AvgIpc) is 3.16. The molecule has 2 N–H and O–H groups in total. The van der Waals surface area contributed by atoms with E-state index in [-0.39, 0.29) is 12.5 Å². The lowest BCUT2D eigenvalue weighted by atomic mass is 10.3. The third-order valence-electron chi connectivity index (χ3n) is 3.65. The number of fused-ring (bicyclic) bond motifs is 1. The number of aliphatic hydroxyl groups excluding tert-OH is 1. The first-order chi connectivity index (χ1) is 10.3. The van der Waals surface area contributed by atoms with E-state index in [4.69, 9.17) is 5.11 Å². The molecule has 1 aliphatic heterocycles. The Bertz CT molecular complexity index is 633. The minimum atomic E-state index is -0.204. The number of nitrogens with zero attached hydrogens (tertiary/aromatic N) is 4. The van der Waals surface area contributed by atoms with Gasteiger partial charge in [0.25, 0.3) is 5.91 Å². The molecule has 0 spiro atoms. The summed E-state index contributed by atoms with van der Waals surface area (Å²) in [6.45, 7) is 2.52. The maximum absolute atomic E-state index is 12.1. The molecule has 0 bridgehead atoms. The zero-order valence-electron chi connectivity index (χ0n) is 11.8. The smallest absolute Gasteiger partial charge is 0.256 e. The summed E-state index contributed by atoms with van der Waals surface area (Å²) in [4.78, 5) is 18.9. The van der Waals surface area contributed by atoms with Crippen LogP contribution in [-0.4, -0.2) is 51.9 Å². The normalized spacial score (nSPS) is 14.8. The Morgan fingerprint density at radius 1 is 1.38 bits per heavy atom. The van der Waals surface area contributed by atoms with Crippen molar-refractivity contribution in [3.63, 3.8) is 0 Å². The van der Waals surface area contributed by atoms with Crippen LogP contribution in [0.5, 0.6) is 0 Å². The van der Waals surface area contributed by atoms with Crippen molar-refractivity contribution in [2.45, 2.75) is 19.3 Å². The summed E-state index contributed by atoms with van der Waals surface area (Å²) in [6, 6.07) is 1.93. The van der Waals surface area contributed by atoms with Crippen molar-refractivity contribution in [3.05, 3.63) is 24.0 Å². The van der Waals surface area contributed by atoms with Gasteiger partial charge >= 0.3 is 0 Å². The predicted octanol–water partition coefficient (Wildman–Crippen LogP) is 0.442. The van der Waals surface area contributed by atoms with Crippen LogP contribution in [0.15, 0.2) is 18.5 Å². The molecule has 0 atom stereocenters. The lowest BCUT2D eigenvalue weighted by Crippen LogP contribution is -2.25. The lowest BCUT2D eigenvalue weighted by molar-refractivity contribution is 0.0952. The van der Waals surface area contributed by atoms with Gasteiger partial charge in [-0.15, -0.1) is 0 Å². The highest BCUT2D eigenvalue weighted by Crippen LogP contribution is 2.19. The zero-order valence-corrected chi connectivity index (χ0v) is 11.8. The van der Waals surface area contributed by atoms with E-state index < -0.39 is 0 Å². The van der Waals surface area contributed by atoms with Gasteiger partial charge in [0.05, 0.1) is 6.20 Å². The molecular weight excluding hydrogens is 270 g/mol. The molecule has 0 radical (unpaired) electrons. The highest BCUT2D eigenvalue weighted by molar-refractivity contribution is 5.99. The number of anilines is 1. The van der Waals surface area contributed by atoms with Gasteiger partial charge in [-0.2, -0.15) is 5.10 Å². The second-order valence-corrected chi connectivity index (χ2v) is 5.14. The largest absolute Gasteiger partial charge is 0.396 e. The van der Waals surface area contributed by atoms with E-state index in [0.29, 0.717) is 24.2 Å². The third kappa shape index (κ3) is 2.82. The molecule has 2 aromatic heterocycles. The van der Waals surface area contributed by atoms with E-state index in [1.165, 1.54) is 19.0 Å². The maximum atomic E-state index is 12.1. The summed E-state index contributed by atoms with van der Waals surface area (Å²) < 4.78 is 1.61. The number of hydrogen-bond acceptors (Lipinski definition) is 5. The maximum Gasteiger partial charge on any atom is 0.256 e.